The molecule has 0 aliphatic heterocycles. The Labute approximate surface area is 128 Å². The number of hydrogen-bond donors (Lipinski definition) is 0. The van der Waals surface area contributed by atoms with Crippen LogP contribution in [-0.2, 0) is 6.54 Å². The molecule has 0 aliphatic rings. The lowest BCUT2D eigenvalue weighted by molar-refractivity contribution is 0.0784. The van der Waals surface area contributed by atoms with E-state index in [1.807, 2.05) is 44.3 Å². The van der Waals surface area contributed by atoms with Crippen molar-refractivity contribution < 1.29 is 4.79 Å². The minimum atomic E-state index is 0.0313. The average molecular weight is 332 g/mol. The first-order chi connectivity index (χ1) is 9.50. The number of aryl methyl sites for hydroxylation is 2. The second-order valence-corrected chi connectivity index (χ2v) is 5.82. The summed E-state index contributed by atoms with van der Waals surface area (Å²) < 4.78 is 0.877. The van der Waals surface area contributed by atoms with Crippen LogP contribution in [0.5, 0.6) is 0 Å². The van der Waals surface area contributed by atoms with E-state index in [0.29, 0.717) is 12.1 Å². The van der Waals surface area contributed by atoms with Gasteiger partial charge in [0.15, 0.2) is 0 Å². The lowest BCUT2D eigenvalue weighted by atomic mass is 10.1. The highest BCUT2D eigenvalue weighted by molar-refractivity contribution is 9.10. The van der Waals surface area contributed by atoms with Gasteiger partial charge in [-0.05, 0) is 52.5 Å². The van der Waals surface area contributed by atoms with Crippen molar-refractivity contribution in [1.29, 1.82) is 0 Å². The van der Waals surface area contributed by atoms with Crippen molar-refractivity contribution in [2.45, 2.75) is 20.4 Å². The number of benzene rings is 2. The van der Waals surface area contributed by atoms with Crippen LogP contribution < -0.4 is 0 Å². The Morgan fingerprint density at radius 3 is 2.40 bits per heavy atom. The normalized spacial score (nSPS) is 10.4. The lowest BCUT2D eigenvalue weighted by Crippen LogP contribution is -2.27. The number of amides is 1. The maximum Gasteiger partial charge on any atom is 0.255 e. The van der Waals surface area contributed by atoms with Crippen molar-refractivity contribution in [1.82, 2.24) is 4.90 Å². The Kier molecular flexibility index (Phi) is 4.61. The van der Waals surface area contributed by atoms with Crippen LogP contribution in [0.25, 0.3) is 0 Å². The van der Waals surface area contributed by atoms with Crippen LogP contribution >= 0.6 is 15.9 Å². The molecule has 0 bridgehead atoms. The quantitative estimate of drug-likeness (QED) is 0.819. The molecule has 0 spiro atoms. The van der Waals surface area contributed by atoms with Crippen LogP contribution in [0.4, 0.5) is 0 Å². The first kappa shape index (κ1) is 14.8. The van der Waals surface area contributed by atoms with Crippen molar-refractivity contribution in [3.8, 4) is 0 Å². The molecule has 2 nitrogen and oxygen atoms in total. The largest absolute Gasteiger partial charge is 0.337 e. The molecule has 0 saturated carbocycles. The standard InChI is InChI=1S/C17H18BrNO/c1-12-7-4-5-9-14(12)11-19(3)17(20)15-10-6-8-13(2)16(15)18/h4-10H,11H2,1-3H3. The summed E-state index contributed by atoms with van der Waals surface area (Å²) in [4.78, 5) is 14.3. The van der Waals surface area contributed by atoms with Crippen molar-refractivity contribution in [2.75, 3.05) is 7.05 Å². The summed E-state index contributed by atoms with van der Waals surface area (Å²) in [5.74, 6) is 0.0313. The summed E-state index contributed by atoms with van der Waals surface area (Å²) in [6.45, 7) is 4.67. The average Bonchev–Trinajstić information content (AvgIpc) is 2.43. The second kappa shape index (κ2) is 6.23. The number of hydrogen-bond acceptors (Lipinski definition) is 1. The van der Waals surface area contributed by atoms with Gasteiger partial charge in [-0.1, -0.05) is 36.4 Å². The van der Waals surface area contributed by atoms with Gasteiger partial charge in [0.2, 0.25) is 0 Å². The number of rotatable bonds is 3. The van der Waals surface area contributed by atoms with Crippen molar-refractivity contribution in [3.63, 3.8) is 0 Å². The van der Waals surface area contributed by atoms with E-state index < -0.39 is 0 Å². The van der Waals surface area contributed by atoms with Crippen molar-refractivity contribution in [3.05, 3.63) is 69.2 Å². The molecule has 2 aromatic rings. The molecule has 0 heterocycles. The third-order valence-electron chi connectivity index (χ3n) is 3.44. The van der Waals surface area contributed by atoms with Gasteiger partial charge in [-0.15, -0.1) is 0 Å². The van der Waals surface area contributed by atoms with E-state index in [1.165, 1.54) is 11.1 Å². The molecule has 2 rings (SSSR count). The van der Waals surface area contributed by atoms with E-state index in [-0.39, 0.29) is 5.91 Å². The molecule has 0 saturated heterocycles. The zero-order valence-corrected chi connectivity index (χ0v) is 13.6. The van der Waals surface area contributed by atoms with Gasteiger partial charge in [-0.3, -0.25) is 4.79 Å². The summed E-state index contributed by atoms with van der Waals surface area (Å²) in [5, 5.41) is 0. The molecule has 3 heteroatoms. The van der Waals surface area contributed by atoms with E-state index >= 15 is 0 Å². The second-order valence-electron chi connectivity index (χ2n) is 5.02. The summed E-state index contributed by atoms with van der Waals surface area (Å²) in [5.41, 5.74) is 4.16. The van der Waals surface area contributed by atoms with Gasteiger partial charge in [0.25, 0.3) is 5.91 Å². The molecule has 0 fully saturated rings. The summed E-state index contributed by atoms with van der Waals surface area (Å²) in [6.07, 6.45) is 0. The van der Waals surface area contributed by atoms with Crippen LogP contribution in [0.1, 0.15) is 27.0 Å². The van der Waals surface area contributed by atoms with Crippen LogP contribution in [-0.4, -0.2) is 17.9 Å². The van der Waals surface area contributed by atoms with Gasteiger partial charge in [0.1, 0.15) is 0 Å². The van der Waals surface area contributed by atoms with Gasteiger partial charge < -0.3 is 4.90 Å². The maximum absolute atomic E-state index is 12.5. The first-order valence-corrected chi connectivity index (χ1v) is 7.35. The zero-order valence-electron chi connectivity index (χ0n) is 12.0. The molecule has 0 aliphatic carbocycles. The minimum absolute atomic E-state index is 0.0313. The fourth-order valence-electron chi connectivity index (χ4n) is 2.13. The van der Waals surface area contributed by atoms with Crippen LogP contribution in [0.15, 0.2) is 46.9 Å². The highest BCUT2D eigenvalue weighted by atomic mass is 79.9. The monoisotopic (exact) mass is 331 g/mol. The van der Waals surface area contributed by atoms with E-state index in [1.54, 1.807) is 4.90 Å². The van der Waals surface area contributed by atoms with Gasteiger partial charge >= 0.3 is 0 Å². The van der Waals surface area contributed by atoms with Crippen molar-refractivity contribution in [2.24, 2.45) is 0 Å². The summed E-state index contributed by atoms with van der Waals surface area (Å²) >= 11 is 3.50. The Hall–Kier alpha value is -1.61. The fraction of sp³-hybridized carbons (Fsp3) is 0.235. The molecule has 20 heavy (non-hydrogen) atoms. The van der Waals surface area contributed by atoms with Gasteiger partial charge in [-0.25, -0.2) is 0 Å². The number of nitrogens with zero attached hydrogens (tertiary/aromatic N) is 1. The number of carbonyl (C=O) groups excluding carboxylic acids is 1. The lowest BCUT2D eigenvalue weighted by Gasteiger charge is -2.19. The molecule has 0 atom stereocenters. The SMILES string of the molecule is Cc1ccccc1CN(C)C(=O)c1cccc(C)c1Br. The Balaban J connectivity index is 2.21. The van der Waals surface area contributed by atoms with Crippen LogP contribution in [0, 0.1) is 13.8 Å². The highest BCUT2D eigenvalue weighted by Crippen LogP contribution is 2.23. The molecule has 2 aromatic carbocycles. The first-order valence-electron chi connectivity index (χ1n) is 6.56. The fourth-order valence-corrected chi connectivity index (χ4v) is 2.57. The third-order valence-corrected chi connectivity index (χ3v) is 4.49. The van der Waals surface area contributed by atoms with E-state index in [2.05, 4.69) is 35.0 Å². The summed E-state index contributed by atoms with van der Waals surface area (Å²) in [7, 11) is 1.84. The van der Waals surface area contributed by atoms with E-state index in [4.69, 9.17) is 0 Å². The molecular weight excluding hydrogens is 314 g/mol. The zero-order chi connectivity index (χ0) is 14.7. The number of carbonyl (C=O) groups is 1. The molecule has 1 amide bonds. The van der Waals surface area contributed by atoms with E-state index in [9.17, 15) is 4.79 Å². The Morgan fingerprint density at radius 2 is 1.70 bits per heavy atom. The third kappa shape index (κ3) is 3.10. The Bertz CT molecular complexity index is 637. The van der Waals surface area contributed by atoms with Crippen molar-refractivity contribution >= 4 is 21.8 Å². The van der Waals surface area contributed by atoms with Crippen LogP contribution in [0.3, 0.4) is 0 Å². The molecule has 0 radical (unpaired) electrons. The Morgan fingerprint density at radius 1 is 1.05 bits per heavy atom. The summed E-state index contributed by atoms with van der Waals surface area (Å²) in [6, 6.07) is 13.9. The topological polar surface area (TPSA) is 20.3 Å². The molecule has 0 unspecified atom stereocenters. The minimum Gasteiger partial charge on any atom is -0.337 e. The van der Waals surface area contributed by atoms with E-state index in [0.717, 1.165) is 10.0 Å². The molecule has 104 valence electrons. The molecular formula is C17H18BrNO. The molecule has 0 aromatic heterocycles. The predicted octanol–water partition coefficient (Wildman–Crippen LogP) is 4.34. The van der Waals surface area contributed by atoms with Crippen LogP contribution in [0.2, 0.25) is 0 Å². The maximum atomic E-state index is 12.5. The smallest absolute Gasteiger partial charge is 0.255 e. The predicted molar refractivity (Wildman–Crippen MR) is 85.9 cm³/mol. The van der Waals surface area contributed by atoms with Gasteiger partial charge in [-0.2, -0.15) is 0 Å². The highest BCUT2D eigenvalue weighted by Gasteiger charge is 2.16. The molecule has 0 N–H and O–H groups in total. The number of halogens is 1. The van der Waals surface area contributed by atoms with Gasteiger partial charge in [0.05, 0.1) is 5.56 Å². The van der Waals surface area contributed by atoms with Gasteiger partial charge in [0, 0.05) is 18.1 Å².